The summed E-state index contributed by atoms with van der Waals surface area (Å²) in [6.07, 6.45) is 1.54. The average Bonchev–Trinajstić information content (AvgIpc) is 2.89. The number of fused-ring (bicyclic) bond motifs is 1. The van der Waals surface area contributed by atoms with Crippen LogP contribution in [0.25, 0.3) is 10.9 Å². The van der Waals surface area contributed by atoms with E-state index in [1.165, 1.54) is 20.4 Å². The topological polar surface area (TPSA) is 121 Å². The van der Waals surface area contributed by atoms with Gasteiger partial charge in [-0.3, -0.25) is 20.2 Å². The van der Waals surface area contributed by atoms with Gasteiger partial charge in [0.15, 0.2) is 0 Å². The normalized spacial score (nSPS) is 10.9. The van der Waals surface area contributed by atoms with Gasteiger partial charge >= 0.3 is 0 Å². The quantitative estimate of drug-likeness (QED) is 0.615. The minimum absolute atomic E-state index is 0.471. The zero-order chi connectivity index (χ0) is 16.3. The van der Waals surface area contributed by atoms with E-state index in [1.54, 1.807) is 12.1 Å². The van der Waals surface area contributed by atoms with E-state index in [9.17, 15) is 20.2 Å². The van der Waals surface area contributed by atoms with Crippen molar-refractivity contribution in [3.63, 3.8) is 0 Å². The Labute approximate surface area is 125 Å². The highest BCUT2D eigenvalue weighted by Crippen LogP contribution is 2.38. The van der Waals surface area contributed by atoms with Crippen LogP contribution in [-0.4, -0.2) is 42.1 Å². The second-order valence-electron chi connectivity index (χ2n) is 4.69. The molecule has 0 bridgehead atoms. The highest BCUT2D eigenvalue weighted by atomic mass is 16.6. The first-order valence-electron chi connectivity index (χ1n) is 6.43. The van der Waals surface area contributed by atoms with Gasteiger partial charge in [-0.25, -0.2) is 0 Å². The fourth-order valence-corrected chi connectivity index (χ4v) is 2.49. The van der Waals surface area contributed by atoms with Crippen molar-refractivity contribution in [1.29, 1.82) is 0 Å². The molecule has 1 heterocycles. The first-order chi connectivity index (χ1) is 10.5. The van der Waals surface area contributed by atoms with Crippen LogP contribution in [0.3, 0.4) is 0 Å². The number of hydrogen-bond donors (Lipinski definition) is 1. The number of H-pyrrole nitrogens is 1. The number of nitro groups is 2. The van der Waals surface area contributed by atoms with Crippen LogP contribution in [0.15, 0.2) is 18.3 Å². The number of benzene rings is 1. The molecule has 1 N–H and O–H groups in total. The van der Waals surface area contributed by atoms with Gasteiger partial charge in [0.25, 0.3) is 0 Å². The number of methoxy groups -OCH3 is 2. The van der Waals surface area contributed by atoms with Crippen molar-refractivity contribution in [3.05, 3.63) is 44.1 Å². The number of nitrogens with zero attached hydrogens (tertiary/aromatic N) is 2. The number of aromatic nitrogens is 1. The van der Waals surface area contributed by atoms with E-state index in [-0.39, 0.29) is 0 Å². The number of ether oxygens (including phenoxy) is 2. The smallest absolute Gasteiger partial charge is 0.217 e. The number of rotatable bonds is 7. The lowest BCUT2D eigenvalue weighted by molar-refractivity contribution is -0.516. The summed E-state index contributed by atoms with van der Waals surface area (Å²) in [7, 11) is 2.96. The van der Waals surface area contributed by atoms with E-state index in [1.807, 2.05) is 0 Å². The van der Waals surface area contributed by atoms with Gasteiger partial charge in [-0.2, -0.15) is 0 Å². The molecular formula is C13H15N3O6. The number of aromatic amines is 1. The molecule has 0 atom stereocenters. The van der Waals surface area contributed by atoms with Crippen molar-refractivity contribution in [2.45, 2.75) is 5.92 Å². The molecule has 118 valence electrons. The predicted octanol–water partition coefficient (Wildman–Crippen LogP) is 1.82. The summed E-state index contributed by atoms with van der Waals surface area (Å²) in [6, 6.07) is 3.35. The molecule has 2 rings (SSSR count). The third-order valence-electron chi connectivity index (χ3n) is 3.41. The third kappa shape index (κ3) is 2.92. The van der Waals surface area contributed by atoms with Crippen molar-refractivity contribution in [2.75, 3.05) is 27.3 Å². The monoisotopic (exact) mass is 309 g/mol. The fourth-order valence-electron chi connectivity index (χ4n) is 2.49. The largest absolute Gasteiger partial charge is 0.496 e. The van der Waals surface area contributed by atoms with Crippen molar-refractivity contribution >= 4 is 10.9 Å². The van der Waals surface area contributed by atoms with Crippen molar-refractivity contribution in [2.24, 2.45) is 0 Å². The molecule has 0 saturated carbocycles. The second kappa shape index (κ2) is 6.29. The summed E-state index contributed by atoms with van der Waals surface area (Å²) >= 11 is 0. The summed E-state index contributed by atoms with van der Waals surface area (Å²) in [4.78, 5) is 23.5. The summed E-state index contributed by atoms with van der Waals surface area (Å²) in [5.41, 5.74) is 1.06. The molecule has 0 aliphatic rings. The van der Waals surface area contributed by atoms with Crippen molar-refractivity contribution in [3.8, 4) is 11.5 Å². The van der Waals surface area contributed by atoms with Crippen LogP contribution < -0.4 is 9.47 Å². The molecule has 9 heteroatoms. The summed E-state index contributed by atoms with van der Waals surface area (Å²) in [6.45, 7) is -1.07. The molecule has 9 nitrogen and oxygen atoms in total. The van der Waals surface area contributed by atoms with E-state index in [0.29, 0.717) is 28.0 Å². The Morgan fingerprint density at radius 1 is 1.09 bits per heavy atom. The molecule has 0 amide bonds. The van der Waals surface area contributed by atoms with Crippen LogP contribution in [0.4, 0.5) is 0 Å². The van der Waals surface area contributed by atoms with Crippen LogP contribution >= 0.6 is 0 Å². The maximum absolute atomic E-state index is 10.8. The first kappa shape index (κ1) is 15.5. The van der Waals surface area contributed by atoms with E-state index >= 15 is 0 Å². The maximum atomic E-state index is 10.8. The molecule has 22 heavy (non-hydrogen) atoms. The molecule has 0 radical (unpaired) electrons. The molecule has 2 aromatic rings. The summed E-state index contributed by atoms with van der Waals surface area (Å²) in [5, 5.41) is 22.2. The van der Waals surface area contributed by atoms with Gasteiger partial charge in [0, 0.05) is 21.4 Å². The molecule has 0 saturated heterocycles. The van der Waals surface area contributed by atoms with Gasteiger partial charge in [0.1, 0.15) is 17.4 Å². The van der Waals surface area contributed by atoms with Gasteiger partial charge in [0.05, 0.1) is 19.7 Å². The minimum Gasteiger partial charge on any atom is -0.496 e. The SMILES string of the molecule is COc1ccc(OC)c2c(C(C[N+](=O)[O-])C[N+](=O)[O-])c[nH]c12. The van der Waals surface area contributed by atoms with Gasteiger partial charge in [0.2, 0.25) is 13.1 Å². The number of hydrogen-bond acceptors (Lipinski definition) is 6. The Balaban J connectivity index is 2.61. The van der Waals surface area contributed by atoms with Crippen LogP contribution in [0.5, 0.6) is 11.5 Å². The molecule has 1 aromatic heterocycles. The average molecular weight is 309 g/mol. The zero-order valence-electron chi connectivity index (χ0n) is 12.1. The Hall–Kier alpha value is -2.84. The highest BCUT2D eigenvalue weighted by molar-refractivity contribution is 5.94. The van der Waals surface area contributed by atoms with Gasteiger partial charge in [-0.1, -0.05) is 0 Å². The second-order valence-corrected chi connectivity index (χ2v) is 4.69. The third-order valence-corrected chi connectivity index (χ3v) is 3.41. The summed E-state index contributed by atoms with van der Waals surface area (Å²) in [5.74, 6) is 0.145. The van der Waals surface area contributed by atoms with Crippen LogP contribution in [0.2, 0.25) is 0 Å². The fraction of sp³-hybridized carbons (Fsp3) is 0.385. The molecule has 0 aliphatic carbocycles. The van der Waals surface area contributed by atoms with Gasteiger partial charge < -0.3 is 14.5 Å². The van der Waals surface area contributed by atoms with Crippen LogP contribution in [-0.2, 0) is 0 Å². The molecule has 1 aromatic carbocycles. The highest BCUT2D eigenvalue weighted by Gasteiger charge is 2.28. The zero-order valence-corrected chi connectivity index (χ0v) is 12.1. The lowest BCUT2D eigenvalue weighted by atomic mass is 9.98. The maximum Gasteiger partial charge on any atom is 0.217 e. The predicted molar refractivity (Wildman–Crippen MR) is 77.9 cm³/mol. The molecule has 0 fully saturated rings. The first-order valence-corrected chi connectivity index (χ1v) is 6.43. The Kier molecular flexibility index (Phi) is 4.44. The molecular weight excluding hydrogens is 294 g/mol. The molecule has 0 unspecified atom stereocenters. The van der Waals surface area contributed by atoms with Crippen LogP contribution in [0, 0.1) is 20.2 Å². The minimum atomic E-state index is -0.861. The standard InChI is InChI=1S/C13H15N3O6/c1-21-10-3-4-11(22-2)13-12(10)9(5-14-13)8(6-15(17)18)7-16(19)20/h3-5,8,14H,6-7H2,1-2H3. The van der Waals surface area contributed by atoms with Crippen molar-refractivity contribution in [1.82, 2.24) is 4.98 Å². The van der Waals surface area contributed by atoms with Crippen LogP contribution in [0.1, 0.15) is 11.5 Å². The number of nitrogens with one attached hydrogen (secondary N) is 1. The molecule has 0 aliphatic heterocycles. The lowest BCUT2D eigenvalue weighted by Crippen LogP contribution is -2.20. The van der Waals surface area contributed by atoms with Gasteiger partial charge in [-0.15, -0.1) is 0 Å². The Bertz CT molecular complexity index is 695. The van der Waals surface area contributed by atoms with E-state index in [0.717, 1.165) is 0 Å². The van der Waals surface area contributed by atoms with Crippen molar-refractivity contribution < 1.29 is 19.3 Å². The lowest BCUT2D eigenvalue weighted by Gasteiger charge is -2.11. The van der Waals surface area contributed by atoms with E-state index < -0.39 is 28.9 Å². The van der Waals surface area contributed by atoms with Gasteiger partial charge in [-0.05, 0) is 17.7 Å². The Morgan fingerprint density at radius 2 is 1.64 bits per heavy atom. The molecule has 0 spiro atoms. The van der Waals surface area contributed by atoms with E-state index in [2.05, 4.69) is 4.98 Å². The summed E-state index contributed by atoms with van der Waals surface area (Å²) < 4.78 is 10.5. The Morgan fingerprint density at radius 3 is 2.14 bits per heavy atom. The van der Waals surface area contributed by atoms with E-state index in [4.69, 9.17) is 9.47 Å².